The van der Waals surface area contributed by atoms with Crippen molar-refractivity contribution in [2.45, 2.75) is 48.5 Å². The monoisotopic (exact) mass is 237 g/mol. The molecular weight excluding hydrogens is 214 g/mol. The van der Waals surface area contributed by atoms with Crippen molar-refractivity contribution in [3.05, 3.63) is 34.5 Å². The standard InChI is InChI=1S/C6H9NO.C5H8N2.C2H6/c1-4-5(2)7-8-6(4)3;1-4-3-6-7-5(4)2;1-2/h1-3H3;3H,1-2H3,(H,6,7);1-2H3. The van der Waals surface area contributed by atoms with Gasteiger partial charge in [0.05, 0.1) is 11.9 Å². The average molecular weight is 237 g/mol. The SMILES string of the molecule is CC.Cc1cn[nH]c1C.Cc1noc(C)c1C. The lowest BCUT2D eigenvalue weighted by Crippen LogP contribution is -1.73. The first-order valence-electron chi connectivity index (χ1n) is 5.88. The van der Waals surface area contributed by atoms with Gasteiger partial charge in [-0.15, -0.1) is 0 Å². The normalized spacial score (nSPS) is 8.88. The van der Waals surface area contributed by atoms with E-state index < -0.39 is 0 Å². The third kappa shape index (κ3) is 4.85. The Kier molecular flexibility index (Phi) is 6.94. The molecular formula is C13H23N3O. The average Bonchev–Trinajstić information content (AvgIpc) is 2.84. The van der Waals surface area contributed by atoms with E-state index in [9.17, 15) is 0 Å². The van der Waals surface area contributed by atoms with Crippen LogP contribution < -0.4 is 0 Å². The molecule has 1 N–H and O–H groups in total. The molecule has 0 spiro atoms. The molecule has 0 aliphatic heterocycles. The summed E-state index contributed by atoms with van der Waals surface area (Å²) in [6, 6.07) is 0. The number of aryl methyl sites for hydroxylation is 4. The van der Waals surface area contributed by atoms with Gasteiger partial charge in [-0.2, -0.15) is 5.10 Å². The number of rotatable bonds is 0. The molecule has 0 saturated carbocycles. The molecule has 0 bridgehead atoms. The van der Waals surface area contributed by atoms with Gasteiger partial charge >= 0.3 is 0 Å². The topological polar surface area (TPSA) is 54.7 Å². The molecule has 4 nitrogen and oxygen atoms in total. The van der Waals surface area contributed by atoms with Crippen molar-refractivity contribution in [2.75, 3.05) is 0 Å². The molecule has 2 heterocycles. The Bertz CT molecular complexity index is 394. The van der Waals surface area contributed by atoms with E-state index in [4.69, 9.17) is 4.52 Å². The highest BCUT2D eigenvalue weighted by molar-refractivity contribution is 5.17. The zero-order valence-corrected chi connectivity index (χ0v) is 11.9. The summed E-state index contributed by atoms with van der Waals surface area (Å²) >= 11 is 0. The van der Waals surface area contributed by atoms with Crippen LogP contribution in [0.1, 0.15) is 42.1 Å². The lowest BCUT2D eigenvalue weighted by atomic mass is 10.2. The van der Waals surface area contributed by atoms with Crippen molar-refractivity contribution in [1.29, 1.82) is 0 Å². The van der Waals surface area contributed by atoms with E-state index in [1.54, 1.807) is 0 Å². The van der Waals surface area contributed by atoms with E-state index >= 15 is 0 Å². The van der Waals surface area contributed by atoms with Crippen LogP contribution >= 0.6 is 0 Å². The van der Waals surface area contributed by atoms with E-state index in [0.29, 0.717) is 0 Å². The fraction of sp³-hybridized carbons (Fsp3) is 0.538. The highest BCUT2D eigenvalue weighted by Gasteiger charge is 1.99. The second kappa shape index (κ2) is 7.65. The minimum absolute atomic E-state index is 0.919. The van der Waals surface area contributed by atoms with Crippen molar-refractivity contribution < 1.29 is 4.52 Å². The molecule has 4 heteroatoms. The smallest absolute Gasteiger partial charge is 0.136 e. The van der Waals surface area contributed by atoms with Crippen molar-refractivity contribution >= 4 is 0 Å². The number of H-pyrrole nitrogens is 1. The molecule has 17 heavy (non-hydrogen) atoms. The number of hydrogen-bond donors (Lipinski definition) is 1. The first kappa shape index (κ1) is 15.4. The number of nitrogens with zero attached hydrogens (tertiary/aromatic N) is 2. The molecule has 0 atom stereocenters. The third-order valence-electron chi connectivity index (χ3n) is 2.47. The maximum atomic E-state index is 4.84. The molecule has 2 rings (SSSR count). The summed E-state index contributed by atoms with van der Waals surface area (Å²) in [5.41, 5.74) is 4.52. The van der Waals surface area contributed by atoms with Gasteiger partial charge in [-0.1, -0.05) is 19.0 Å². The van der Waals surface area contributed by atoms with Crippen LogP contribution in [-0.2, 0) is 0 Å². The van der Waals surface area contributed by atoms with E-state index in [2.05, 4.69) is 15.4 Å². The Balaban J connectivity index is 0.000000265. The summed E-state index contributed by atoms with van der Waals surface area (Å²) in [6.07, 6.45) is 1.81. The van der Waals surface area contributed by atoms with E-state index in [1.165, 1.54) is 5.56 Å². The maximum Gasteiger partial charge on any atom is 0.136 e. The zero-order valence-electron chi connectivity index (χ0n) is 11.9. The van der Waals surface area contributed by atoms with Gasteiger partial charge in [0.25, 0.3) is 0 Å². The van der Waals surface area contributed by atoms with Crippen molar-refractivity contribution in [3.8, 4) is 0 Å². The van der Waals surface area contributed by atoms with Gasteiger partial charge in [0.1, 0.15) is 5.76 Å². The molecule has 2 aromatic heterocycles. The largest absolute Gasteiger partial charge is 0.361 e. The number of nitrogens with one attached hydrogen (secondary N) is 1. The zero-order chi connectivity index (χ0) is 13.4. The second-order valence-electron chi connectivity index (χ2n) is 3.63. The van der Waals surface area contributed by atoms with Gasteiger partial charge in [-0.05, 0) is 40.2 Å². The Morgan fingerprint density at radius 3 is 1.76 bits per heavy atom. The first-order valence-corrected chi connectivity index (χ1v) is 5.88. The van der Waals surface area contributed by atoms with Crippen LogP contribution in [0.25, 0.3) is 0 Å². The summed E-state index contributed by atoms with van der Waals surface area (Å²) in [5, 5.41) is 10.4. The fourth-order valence-corrected chi connectivity index (χ4v) is 0.940. The molecule has 0 aromatic carbocycles. The summed E-state index contributed by atoms with van der Waals surface area (Å²) < 4.78 is 4.84. The minimum atomic E-state index is 0.919. The molecule has 0 amide bonds. The Morgan fingerprint density at radius 2 is 1.65 bits per heavy atom. The van der Waals surface area contributed by atoms with Crippen LogP contribution in [-0.4, -0.2) is 15.4 Å². The lowest BCUT2D eigenvalue weighted by Gasteiger charge is -1.80. The van der Waals surface area contributed by atoms with Crippen LogP contribution in [0.15, 0.2) is 10.7 Å². The van der Waals surface area contributed by atoms with Crippen molar-refractivity contribution in [2.24, 2.45) is 0 Å². The van der Waals surface area contributed by atoms with Crippen LogP contribution in [0, 0.1) is 34.6 Å². The maximum absolute atomic E-state index is 4.84. The molecule has 0 saturated heterocycles. The van der Waals surface area contributed by atoms with Gasteiger partial charge in [0, 0.05) is 11.3 Å². The minimum Gasteiger partial charge on any atom is -0.361 e. The third-order valence-corrected chi connectivity index (χ3v) is 2.47. The lowest BCUT2D eigenvalue weighted by molar-refractivity contribution is 0.392. The quantitative estimate of drug-likeness (QED) is 0.760. The second-order valence-corrected chi connectivity index (χ2v) is 3.63. The van der Waals surface area contributed by atoms with Gasteiger partial charge in [-0.25, -0.2) is 0 Å². The van der Waals surface area contributed by atoms with Crippen LogP contribution in [0.3, 0.4) is 0 Å². The van der Waals surface area contributed by atoms with Crippen LogP contribution in [0.4, 0.5) is 0 Å². The number of aromatic amines is 1. The molecule has 0 radical (unpaired) electrons. The highest BCUT2D eigenvalue weighted by Crippen LogP contribution is 2.08. The Morgan fingerprint density at radius 1 is 1.06 bits per heavy atom. The predicted octanol–water partition coefficient (Wildman–Crippen LogP) is 3.65. The fourth-order valence-electron chi connectivity index (χ4n) is 0.940. The van der Waals surface area contributed by atoms with Crippen molar-refractivity contribution in [3.63, 3.8) is 0 Å². The summed E-state index contributed by atoms with van der Waals surface area (Å²) in [5.74, 6) is 0.919. The van der Waals surface area contributed by atoms with E-state index in [1.807, 2.05) is 54.7 Å². The van der Waals surface area contributed by atoms with Crippen LogP contribution in [0.5, 0.6) is 0 Å². The Labute approximate surface area is 103 Å². The van der Waals surface area contributed by atoms with E-state index in [0.717, 1.165) is 22.7 Å². The molecule has 0 aliphatic rings. The van der Waals surface area contributed by atoms with Crippen LogP contribution in [0.2, 0.25) is 0 Å². The molecule has 0 aliphatic carbocycles. The Hall–Kier alpha value is -1.58. The van der Waals surface area contributed by atoms with Gasteiger partial charge in [-0.3, -0.25) is 5.10 Å². The van der Waals surface area contributed by atoms with Gasteiger partial charge < -0.3 is 4.52 Å². The number of hydrogen-bond acceptors (Lipinski definition) is 3. The predicted molar refractivity (Wildman–Crippen MR) is 70.1 cm³/mol. The summed E-state index contributed by atoms with van der Waals surface area (Å²) in [4.78, 5) is 0. The van der Waals surface area contributed by atoms with Gasteiger partial charge in [0.15, 0.2) is 0 Å². The van der Waals surface area contributed by atoms with Gasteiger partial charge in [0.2, 0.25) is 0 Å². The molecule has 0 fully saturated rings. The molecule has 0 unspecified atom stereocenters. The molecule has 96 valence electrons. The highest BCUT2D eigenvalue weighted by atomic mass is 16.5. The first-order chi connectivity index (χ1) is 8.02. The van der Waals surface area contributed by atoms with E-state index in [-0.39, 0.29) is 0 Å². The molecule has 2 aromatic rings. The summed E-state index contributed by atoms with van der Waals surface area (Å²) in [7, 11) is 0. The number of aromatic nitrogens is 3. The summed E-state index contributed by atoms with van der Waals surface area (Å²) in [6.45, 7) is 13.9. The van der Waals surface area contributed by atoms with Crippen molar-refractivity contribution in [1.82, 2.24) is 15.4 Å².